The minimum absolute atomic E-state index is 0.0447. The summed E-state index contributed by atoms with van der Waals surface area (Å²) >= 11 is 2.64. The van der Waals surface area contributed by atoms with Gasteiger partial charge in [0.25, 0.3) is 11.8 Å². The average molecular weight is 655 g/mol. The van der Waals surface area contributed by atoms with E-state index in [9.17, 15) is 32.5 Å². The standard InChI is InChI=1S/C21H23N11O8S3/c22-20-25-13(8-42-20)15(28-40-21(1-2-21)19(35)36)17(33)26-16-14(32(18(16)34)43(37,38)39)6-31-24-3-11(27-31)7-41-12-4-29-9-23-10-30(29)5-12/h3,8-10,12,14,16H,1-2,4-7H2,(H4-,22,25,26,33,35,36,37,38,39)/p+1/t14?,16-/m0/s1. The Balaban J connectivity index is 1.15. The molecule has 228 valence electrons. The van der Waals surface area contributed by atoms with Gasteiger partial charge in [0.15, 0.2) is 10.8 Å². The van der Waals surface area contributed by atoms with Crippen molar-refractivity contribution in [2.24, 2.45) is 5.16 Å². The molecule has 19 nitrogen and oxygen atoms in total. The summed E-state index contributed by atoms with van der Waals surface area (Å²) in [7, 11) is -4.99. The quantitative estimate of drug-likeness (QED) is 0.0525. The Morgan fingerprint density at radius 1 is 1.37 bits per heavy atom. The highest BCUT2D eigenvalue weighted by Crippen LogP contribution is 2.40. The van der Waals surface area contributed by atoms with Crippen LogP contribution in [0.15, 0.2) is 29.4 Å². The average Bonchev–Trinajstić information content (AvgIpc) is 3.31. The summed E-state index contributed by atoms with van der Waals surface area (Å²) in [4.78, 5) is 51.9. The van der Waals surface area contributed by atoms with Crippen molar-refractivity contribution in [1.82, 2.24) is 39.3 Å². The van der Waals surface area contributed by atoms with E-state index >= 15 is 0 Å². The van der Waals surface area contributed by atoms with Crippen molar-refractivity contribution in [3.05, 3.63) is 35.6 Å². The number of hydrogen-bond donors (Lipinski definition) is 4. The number of oxime groups is 1. The molecule has 3 aromatic heterocycles. The number of hydrogen-bond acceptors (Lipinski definition) is 14. The molecule has 0 radical (unpaired) electrons. The van der Waals surface area contributed by atoms with Gasteiger partial charge in [0.05, 0.1) is 30.2 Å². The van der Waals surface area contributed by atoms with Crippen molar-refractivity contribution in [3.8, 4) is 0 Å². The van der Waals surface area contributed by atoms with Crippen molar-refractivity contribution < 1.29 is 42.0 Å². The van der Waals surface area contributed by atoms with E-state index in [0.29, 0.717) is 16.7 Å². The first-order valence-corrected chi connectivity index (χ1v) is 16.0. The number of carbonyl (C=O) groups is 3. The number of carboxylic acid groups (broad SMARTS) is 1. The third-order valence-corrected chi connectivity index (χ3v) is 9.86. The van der Waals surface area contributed by atoms with Gasteiger partial charge in [-0.2, -0.15) is 32.8 Å². The summed E-state index contributed by atoms with van der Waals surface area (Å²) in [6, 6.07) is -2.73. The molecule has 2 atom stereocenters. The first-order chi connectivity index (χ1) is 20.4. The first kappa shape index (κ1) is 28.9. The zero-order valence-electron chi connectivity index (χ0n) is 22.0. The Bertz CT molecular complexity index is 1710. The van der Waals surface area contributed by atoms with Crippen LogP contribution < -0.4 is 15.7 Å². The maximum Gasteiger partial charge on any atom is 0.362 e. The molecular weight excluding hydrogens is 631 g/mol. The zero-order valence-corrected chi connectivity index (χ0v) is 24.4. The van der Waals surface area contributed by atoms with Crippen LogP contribution in [0.2, 0.25) is 0 Å². The molecule has 0 spiro atoms. The third-order valence-electron chi connectivity index (χ3n) is 7.00. The molecule has 43 heavy (non-hydrogen) atoms. The number of aromatic nitrogens is 7. The molecule has 3 aliphatic rings. The smallest absolute Gasteiger partial charge is 0.362 e. The number of nitrogen functional groups attached to an aromatic ring is 1. The molecule has 1 aliphatic carbocycles. The van der Waals surface area contributed by atoms with Crippen LogP contribution in [-0.2, 0) is 54.9 Å². The maximum atomic E-state index is 13.3. The molecule has 2 fully saturated rings. The van der Waals surface area contributed by atoms with Crippen LogP contribution in [0.5, 0.6) is 0 Å². The van der Waals surface area contributed by atoms with Crippen molar-refractivity contribution >= 4 is 62.0 Å². The highest BCUT2D eigenvalue weighted by molar-refractivity contribution is 7.99. The number of β-lactam (4-membered cyclic amide) rings is 1. The number of thiazole rings is 1. The predicted molar refractivity (Wildman–Crippen MR) is 145 cm³/mol. The lowest BCUT2D eigenvalue weighted by atomic mass is 9.98. The second-order valence-corrected chi connectivity index (χ2v) is 13.4. The number of nitrogens with one attached hydrogen (secondary N) is 1. The molecule has 5 heterocycles. The van der Waals surface area contributed by atoms with Gasteiger partial charge in [0, 0.05) is 24.0 Å². The van der Waals surface area contributed by atoms with E-state index < -0.39 is 51.5 Å². The van der Waals surface area contributed by atoms with Gasteiger partial charge in [-0.25, -0.2) is 14.1 Å². The number of carbonyl (C=O) groups excluding carboxylic acids is 2. The SMILES string of the molecule is Nc1nc(C(=NOC2(C(=O)O)CC2)C(=O)N[C@@H]2C(=O)N(S(=O)(=O)O)C2Cn2ncc(CSC3Cn4cnc[n+]4C3)n2)cs1. The zero-order chi connectivity index (χ0) is 30.5. The van der Waals surface area contributed by atoms with Gasteiger partial charge in [0.2, 0.25) is 11.9 Å². The van der Waals surface area contributed by atoms with Gasteiger partial charge in [-0.1, -0.05) is 5.16 Å². The number of amides is 2. The molecule has 0 aromatic carbocycles. The van der Waals surface area contributed by atoms with E-state index in [0.717, 1.165) is 24.4 Å². The van der Waals surface area contributed by atoms with Gasteiger partial charge >= 0.3 is 22.6 Å². The van der Waals surface area contributed by atoms with Crippen molar-refractivity contribution in [3.63, 3.8) is 0 Å². The fourth-order valence-electron chi connectivity index (χ4n) is 4.60. The number of aliphatic carboxylic acids is 1. The third kappa shape index (κ3) is 5.77. The van der Waals surface area contributed by atoms with Crippen molar-refractivity contribution in [2.75, 3.05) is 5.73 Å². The molecule has 1 unspecified atom stereocenters. The lowest BCUT2D eigenvalue weighted by molar-refractivity contribution is -0.758. The highest BCUT2D eigenvalue weighted by Gasteiger charge is 2.56. The van der Waals surface area contributed by atoms with Crippen LogP contribution in [0.1, 0.15) is 24.2 Å². The number of nitrogens with zero attached hydrogens (tertiary/aromatic N) is 9. The molecule has 22 heteroatoms. The van der Waals surface area contributed by atoms with Crippen LogP contribution in [0.4, 0.5) is 5.13 Å². The molecule has 6 rings (SSSR count). The Morgan fingerprint density at radius 2 is 2.16 bits per heavy atom. The Kier molecular flexibility index (Phi) is 7.30. The number of rotatable bonds is 12. The lowest BCUT2D eigenvalue weighted by Crippen LogP contribution is -2.73. The molecule has 1 saturated carbocycles. The van der Waals surface area contributed by atoms with Crippen LogP contribution in [0, 0.1) is 0 Å². The van der Waals surface area contributed by atoms with Crippen molar-refractivity contribution in [2.45, 2.75) is 61.2 Å². The minimum atomic E-state index is -4.99. The minimum Gasteiger partial charge on any atom is -0.478 e. The first-order valence-electron chi connectivity index (χ1n) is 12.7. The van der Waals surface area contributed by atoms with E-state index in [4.69, 9.17) is 10.6 Å². The van der Waals surface area contributed by atoms with Crippen LogP contribution in [0.3, 0.4) is 0 Å². The summed E-state index contributed by atoms with van der Waals surface area (Å²) in [5, 5.41) is 25.8. The second-order valence-electron chi connectivity index (χ2n) is 9.98. The van der Waals surface area contributed by atoms with Crippen LogP contribution in [-0.4, -0.2) is 98.5 Å². The highest BCUT2D eigenvalue weighted by atomic mass is 32.2. The fraction of sp³-hybridized carbons (Fsp3) is 0.476. The predicted octanol–water partition coefficient (Wildman–Crippen LogP) is -2.35. The normalized spacial score (nSPS) is 22.6. The van der Waals surface area contributed by atoms with Gasteiger partial charge in [-0.15, -0.1) is 23.1 Å². The Morgan fingerprint density at radius 3 is 2.81 bits per heavy atom. The van der Waals surface area contributed by atoms with Crippen LogP contribution >= 0.6 is 23.1 Å². The summed E-state index contributed by atoms with van der Waals surface area (Å²) in [6.07, 6.45) is 5.36. The van der Waals surface area contributed by atoms with Gasteiger partial charge in [0.1, 0.15) is 24.3 Å². The summed E-state index contributed by atoms with van der Waals surface area (Å²) < 4.78 is 37.9. The molecule has 3 aromatic rings. The number of anilines is 1. The van der Waals surface area contributed by atoms with E-state index in [1.54, 1.807) is 24.4 Å². The monoisotopic (exact) mass is 654 g/mol. The van der Waals surface area contributed by atoms with Crippen molar-refractivity contribution in [1.29, 1.82) is 0 Å². The topological polar surface area (TPSA) is 254 Å². The number of nitrogens with two attached hydrogens (primary N) is 1. The van der Waals surface area contributed by atoms with Gasteiger partial charge in [-0.05, 0) is 4.98 Å². The van der Waals surface area contributed by atoms with Gasteiger partial charge in [-0.3, -0.25) is 14.1 Å². The maximum absolute atomic E-state index is 13.3. The summed E-state index contributed by atoms with van der Waals surface area (Å²) in [5.41, 5.74) is 4.19. The molecule has 0 bridgehead atoms. The lowest BCUT2D eigenvalue weighted by Gasteiger charge is -2.43. The van der Waals surface area contributed by atoms with E-state index in [1.807, 2.05) is 9.36 Å². The number of thioether (sulfide) groups is 1. The Hall–Kier alpha value is -4.15. The van der Waals surface area contributed by atoms with Crippen LogP contribution in [0.25, 0.3) is 0 Å². The summed E-state index contributed by atoms with van der Waals surface area (Å²) in [6.45, 7) is 1.29. The summed E-state index contributed by atoms with van der Waals surface area (Å²) in [5.74, 6) is -2.86. The largest absolute Gasteiger partial charge is 0.478 e. The number of carboxylic acids is 1. The van der Waals surface area contributed by atoms with E-state index in [1.165, 1.54) is 16.4 Å². The molecular formula is C21H24N11O8S3+. The molecule has 5 N–H and O–H groups in total. The van der Waals surface area contributed by atoms with Gasteiger partial charge < -0.3 is 21.0 Å². The Labute approximate surface area is 250 Å². The molecule has 2 amide bonds. The molecule has 2 aliphatic heterocycles. The molecule has 1 saturated heterocycles. The van der Waals surface area contributed by atoms with E-state index in [2.05, 4.69) is 30.6 Å². The number of fused-ring (bicyclic) bond motifs is 1. The van der Waals surface area contributed by atoms with E-state index in [-0.39, 0.29) is 34.5 Å². The fourth-order valence-corrected chi connectivity index (χ4v) is 7.07. The second kappa shape index (κ2) is 10.8.